The molecule has 132 valence electrons. The van der Waals surface area contributed by atoms with Crippen molar-refractivity contribution in [3.8, 4) is 0 Å². The minimum atomic E-state index is -4.50. The highest BCUT2D eigenvalue weighted by atomic mass is 19.4. The van der Waals surface area contributed by atoms with Gasteiger partial charge in [0.25, 0.3) is 5.69 Å². The summed E-state index contributed by atoms with van der Waals surface area (Å²) in [5.74, 6) is -0.797. The van der Waals surface area contributed by atoms with Crippen LogP contribution in [0.5, 0.6) is 0 Å². The first kappa shape index (κ1) is 19.7. The van der Waals surface area contributed by atoms with Gasteiger partial charge in [-0.15, -0.1) is 0 Å². The van der Waals surface area contributed by atoms with Crippen molar-refractivity contribution in [1.82, 2.24) is 4.90 Å². The molecule has 0 saturated heterocycles. The molecule has 1 aromatic rings. The van der Waals surface area contributed by atoms with Crippen molar-refractivity contribution in [3.63, 3.8) is 0 Å². The molecule has 1 amide bonds. The molecular weight excluding hydrogens is 325 g/mol. The van der Waals surface area contributed by atoms with Crippen LogP contribution in [0.3, 0.4) is 0 Å². The van der Waals surface area contributed by atoms with Gasteiger partial charge in [-0.2, -0.15) is 13.2 Å². The number of hydrogen-bond donors (Lipinski definition) is 0. The highest BCUT2D eigenvalue weighted by Crippen LogP contribution is 2.22. The quantitative estimate of drug-likeness (QED) is 0.460. The molecule has 0 aliphatic carbocycles. The van der Waals surface area contributed by atoms with Crippen LogP contribution in [0.2, 0.25) is 0 Å². The number of hydrogen-bond acceptors (Lipinski definition) is 3. The Hall–Kier alpha value is -2.38. The van der Waals surface area contributed by atoms with E-state index in [0.29, 0.717) is 10.5 Å². The van der Waals surface area contributed by atoms with E-state index in [-0.39, 0.29) is 12.2 Å². The van der Waals surface area contributed by atoms with Crippen LogP contribution in [0.4, 0.5) is 18.9 Å². The van der Waals surface area contributed by atoms with Gasteiger partial charge in [0, 0.05) is 24.8 Å². The Kier molecular flexibility index (Phi) is 6.11. The lowest BCUT2D eigenvalue weighted by molar-refractivity contribution is -0.384. The number of rotatable bonds is 5. The van der Waals surface area contributed by atoms with Crippen LogP contribution in [0.25, 0.3) is 6.08 Å². The van der Waals surface area contributed by atoms with Crippen LogP contribution in [0, 0.1) is 15.5 Å². The van der Waals surface area contributed by atoms with Gasteiger partial charge < -0.3 is 4.90 Å². The molecule has 5 nitrogen and oxygen atoms in total. The van der Waals surface area contributed by atoms with Gasteiger partial charge in [-0.25, -0.2) is 0 Å². The number of nitrogens with zero attached hydrogens (tertiary/aromatic N) is 2. The van der Waals surface area contributed by atoms with Crippen molar-refractivity contribution >= 4 is 17.7 Å². The smallest absolute Gasteiger partial charge is 0.330 e. The van der Waals surface area contributed by atoms with E-state index < -0.39 is 29.0 Å². The van der Waals surface area contributed by atoms with Gasteiger partial charge in [0.1, 0.15) is 6.54 Å². The standard InChI is InChI=1S/C16H19F3N2O3/c1-15(2,3)10-20(11-16(17,18)19)14(22)8-7-12-5-4-6-13(9-12)21(23)24/h4-9H,10-11H2,1-3H3/b8-7+. The van der Waals surface area contributed by atoms with E-state index in [2.05, 4.69) is 0 Å². The fraction of sp³-hybridized carbons (Fsp3) is 0.438. The predicted molar refractivity (Wildman–Crippen MR) is 84.2 cm³/mol. The average molecular weight is 344 g/mol. The maximum absolute atomic E-state index is 12.7. The molecule has 0 unspecified atom stereocenters. The fourth-order valence-corrected chi connectivity index (χ4v) is 2.02. The number of benzene rings is 1. The van der Waals surface area contributed by atoms with Crippen molar-refractivity contribution in [3.05, 3.63) is 46.0 Å². The maximum Gasteiger partial charge on any atom is 0.406 e. The highest BCUT2D eigenvalue weighted by molar-refractivity contribution is 5.92. The van der Waals surface area contributed by atoms with Crippen LogP contribution in [0.1, 0.15) is 26.3 Å². The summed E-state index contributed by atoms with van der Waals surface area (Å²) in [6.07, 6.45) is -2.24. The van der Waals surface area contributed by atoms with Crippen molar-refractivity contribution < 1.29 is 22.9 Å². The molecule has 0 N–H and O–H groups in total. The number of non-ortho nitro benzene ring substituents is 1. The molecule has 0 radical (unpaired) electrons. The van der Waals surface area contributed by atoms with Gasteiger partial charge in [0.05, 0.1) is 4.92 Å². The number of halogens is 3. The Labute approximate surface area is 137 Å². The molecule has 1 aromatic carbocycles. The van der Waals surface area contributed by atoms with Crippen LogP contribution < -0.4 is 0 Å². The number of nitro groups is 1. The van der Waals surface area contributed by atoms with E-state index in [1.807, 2.05) is 0 Å². The Bertz CT molecular complexity index is 618. The second kappa shape index (κ2) is 7.46. The molecule has 8 heteroatoms. The third-order valence-corrected chi connectivity index (χ3v) is 2.85. The third-order valence-electron chi connectivity index (χ3n) is 2.85. The third kappa shape index (κ3) is 7.26. The summed E-state index contributed by atoms with van der Waals surface area (Å²) >= 11 is 0. The van der Waals surface area contributed by atoms with E-state index in [9.17, 15) is 28.1 Å². The van der Waals surface area contributed by atoms with E-state index in [0.717, 1.165) is 6.08 Å². The molecule has 0 spiro atoms. The van der Waals surface area contributed by atoms with Crippen molar-refractivity contribution in [2.45, 2.75) is 26.9 Å². The SMILES string of the molecule is CC(C)(C)CN(CC(F)(F)F)C(=O)/C=C/c1cccc([N+](=O)[O-])c1. The number of carbonyl (C=O) groups is 1. The Morgan fingerprint density at radius 1 is 1.25 bits per heavy atom. The Balaban J connectivity index is 2.94. The van der Waals surface area contributed by atoms with Gasteiger partial charge >= 0.3 is 6.18 Å². The fourth-order valence-electron chi connectivity index (χ4n) is 2.02. The van der Waals surface area contributed by atoms with Crippen LogP contribution in [0.15, 0.2) is 30.3 Å². The number of amides is 1. The minimum Gasteiger partial charge on any atom is -0.330 e. The van der Waals surface area contributed by atoms with Crippen LogP contribution in [-0.2, 0) is 4.79 Å². The lowest BCUT2D eigenvalue weighted by Crippen LogP contribution is -2.42. The van der Waals surface area contributed by atoms with Crippen molar-refractivity contribution in [2.24, 2.45) is 5.41 Å². The van der Waals surface area contributed by atoms with E-state index >= 15 is 0 Å². The molecule has 0 aromatic heterocycles. The molecule has 0 atom stereocenters. The first-order chi connectivity index (χ1) is 10.9. The molecule has 0 saturated carbocycles. The van der Waals surface area contributed by atoms with Gasteiger partial charge in [0.15, 0.2) is 0 Å². The van der Waals surface area contributed by atoms with E-state index in [1.54, 1.807) is 20.8 Å². The van der Waals surface area contributed by atoms with E-state index in [1.165, 1.54) is 30.3 Å². The van der Waals surface area contributed by atoms with Gasteiger partial charge in [-0.1, -0.05) is 32.9 Å². The predicted octanol–water partition coefficient (Wildman–Crippen LogP) is 4.05. The van der Waals surface area contributed by atoms with Crippen LogP contribution >= 0.6 is 0 Å². The summed E-state index contributed by atoms with van der Waals surface area (Å²) in [5.41, 5.74) is -0.299. The molecule has 0 aliphatic heterocycles. The lowest BCUT2D eigenvalue weighted by Gasteiger charge is -2.29. The highest BCUT2D eigenvalue weighted by Gasteiger charge is 2.34. The molecule has 1 rings (SSSR count). The first-order valence-electron chi connectivity index (χ1n) is 7.16. The summed E-state index contributed by atoms with van der Waals surface area (Å²) < 4.78 is 38.0. The number of carbonyl (C=O) groups excluding carboxylic acids is 1. The molecule has 24 heavy (non-hydrogen) atoms. The zero-order valence-corrected chi connectivity index (χ0v) is 13.6. The molecule has 0 bridgehead atoms. The normalized spacial score (nSPS) is 12.4. The number of nitro benzene ring substituents is 1. The lowest BCUT2D eigenvalue weighted by atomic mass is 9.96. The molecule has 0 heterocycles. The average Bonchev–Trinajstić information content (AvgIpc) is 2.41. The van der Waals surface area contributed by atoms with Gasteiger partial charge in [-0.05, 0) is 17.1 Å². The second-order valence-electron chi connectivity index (χ2n) is 6.56. The molecular formula is C16H19F3N2O3. The van der Waals surface area contributed by atoms with Gasteiger partial charge in [0.2, 0.25) is 5.91 Å². The van der Waals surface area contributed by atoms with Crippen molar-refractivity contribution in [2.75, 3.05) is 13.1 Å². The van der Waals surface area contributed by atoms with Crippen LogP contribution in [-0.4, -0.2) is 35.0 Å². The summed E-state index contributed by atoms with van der Waals surface area (Å²) in [7, 11) is 0. The first-order valence-corrected chi connectivity index (χ1v) is 7.16. The molecule has 0 fully saturated rings. The monoisotopic (exact) mass is 344 g/mol. The summed E-state index contributed by atoms with van der Waals surface area (Å²) in [6.45, 7) is 3.78. The Morgan fingerprint density at radius 3 is 2.38 bits per heavy atom. The van der Waals surface area contributed by atoms with Gasteiger partial charge in [-0.3, -0.25) is 14.9 Å². The molecule has 0 aliphatic rings. The van der Waals surface area contributed by atoms with Crippen molar-refractivity contribution in [1.29, 1.82) is 0 Å². The zero-order chi connectivity index (χ0) is 18.5. The zero-order valence-electron chi connectivity index (χ0n) is 13.6. The maximum atomic E-state index is 12.7. The summed E-state index contributed by atoms with van der Waals surface area (Å²) in [6, 6.07) is 5.48. The topological polar surface area (TPSA) is 63.5 Å². The Morgan fingerprint density at radius 2 is 1.88 bits per heavy atom. The summed E-state index contributed by atoms with van der Waals surface area (Å²) in [4.78, 5) is 22.9. The van der Waals surface area contributed by atoms with E-state index in [4.69, 9.17) is 0 Å². The largest absolute Gasteiger partial charge is 0.406 e. The number of alkyl halides is 3. The second-order valence-corrected chi connectivity index (χ2v) is 6.56. The minimum absolute atomic E-state index is 0.0649. The summed E-state index contributed by atoms with van der Waals surface area (Å²) in [5, 5.41) is 10.7.